The molecule has 8 heteroatoms. The van der Waals surface area contributed by atoms with E-state index >= 15 is 0 Å². The zero-order valence-corrected chi connectivity index (χ0v) is 13.1. The Morgan fingerprint density at radius 2 is 2.05 bits per heavy atom. The van der Waals surface area contributed by atoms with Crippen molar-refractivity contribution in [1.29, 1.82) is 0 Å². The first-order valence-electron chi connectivity index (χ1n) is 7.10. The fourth-order valence-electron chi connectivity index (χ4n) is 2.26. The molecule has 1 aliphatic carbocycles. The van der Waals surface area contributed by atoms with Crippen molar-refractivity contribution in [2.45, 2.75) is 25.3 Å². The highest BCUT2D eigenvalue weighted by Crippen LogP contribution is 2.36. The van der Waals surface area contributed by atoms with Gasteiger partial charge in [0, 0.05) is 25.1 Å². The summed E-state index contributed by atoms with van der Waals surface area (Å²) >= 11 is 0. The molecule has 120 valence electrons. The third kappa shape index (κ3) is 3.44. The number of benzene rings is 1. The number of sulfonamides is 1. The monoisotopic (exact) mass is 326 g/mol. The van der Waals surface area contributed by atoms with Gasteiger partial charge in [-0.2, -0.15) is 0 Å². The molecule has 0 unspecified atom stereocenters. The number of carbonyl (C=O) groups excluding carboxylic acids is 1. The number of nitrogens with one attached hydrogen (secondary N) is 1. The first-order valence-corrected chi connectivity index (χ1v) is 8.95. The van der Waals surface area contributed by atoms with E-state index in [4.69, 9.17) is 9.47 Å². The van der Waals surface area contributed by atoms with Crippen LogP contribution in [0.3, 0.4) is 0 Å². The Balaban J connectivity index is 1.73. The van der Waals surface area contributed by atoms with Gasteiger partial charge in [0.1, 0.15) is 0 Å². The predicted molar refractivity (Wildman–Crippen MR) is 80.5 cm³/mol. The molecule has 0 saturated heterocycles. The van der Waals surface area contributed by atoms with Gasteiger partial charge in [0.15, 0.2) is 11.5 Å². The van der Waals surface area contributed by atoms with Crippen LogP contribution < -0.4 is 19.1 Å². The van der Waals surface area contributed by atoms with Crippen LogP contribution in [0.5, 0.6) is 11.5 Å². The molecular weight excluding hydrogens is 308 g/mol. The van der Waals surface area contributed by atoms with Crippen molar-refractivity contribution >= 4 is 21.6 Å². The minimum absolute atomic E-state index is 0.0943. The molecule has 0 spiro atoms. The fourth-order valence-corrected chi connectivity index (χ4v) is 3.18. The number of rotatable bonds is 6. The van der Waals surface area contributed by atoms with E-state index in [9.17, 15) is 13.2 Å². The second-order valence-corrected chi connectivity index (χ2v) is 7.37. The largest absolute Gasteiger partial charge is 0.454 e. The number of hydrogen-bond acceptors (Lipinski definition) is 5. The van der Waals surface area contributed by atoms with Crippen molar-refractivity contribution in [2.75, 3.05) is 23.9 Å². The highest BCUT2D eigenvalue weighted by atomic mass is 32.2. The van der Waals surface area contributed by atoms with Gasteiger partial charge in [-0.25, -0.2) is 8.42 Å². The van der Waals surface area contributed by atoms with E-state index in [-0.39, 0.29) is 31.7 Å². The second kappa shape index (κ2) is 5.68. The van der Waals surface area contributed by atoms with Crippen molar-refractivity contribution in [3.63, 3.8) is 0 Å². The van der Waals surface area contributed by atoms with Gasteiger partial charge in [0.2, 0.25) is 22.7 Å². The minimum atomic E-state index is -3.49. The summed E-state index contributed by atoms with van der Waals surface area (Å²) in [6.45, 7) is 0.221. The van der Waals surface area contributed by atoms with Crippen molar-refractivity contribution < 1.29 is 22.7 Å². The number of nitrogens with zero attached hydrogens (tertiary/aromatic N) is 1. The molecule has 1 saturated carbocycles. The Bertz CT molecular complexity index is 684. The molecule has 0 radical (unpaired) electrons. The number of anilines is 1. The summed E-state index contributed by atoms with van der Waals surface area (Å²) in [7, 11) is -3.49. The maximum absolute atomic E-state index is 12.0. The highest BCUT2D eigenvalue weighted by molar-refractivity contribution is 7.92. The molecule has 0 aromatic heterocycles. The Kier molecular flexibility index (Phi) is 3.86. The van der Waals surface area contributed by atoms with Gasteiger partial charge < -0.3 is 14.8 Å². The summed E-state index contributed by atoms with van der Waals surface area (Å²) in [5.41, 5.74) is 0.464. The van der Waals surface area contributed by atoms with Crippen molar-refractivity contribution in [1.82, 2.24) is 5.32 Å². The van der Waals surface area contributed by atoms with Gasteiger partial charge in [-0.1, -0.05) is 0 Å². The molecule has 0 bridgehead atoms. The van der Waals surface area contributed by atoms with Crippen LogP contribution in [-0.4, -0.2) is 40.0 Å². The summed E-state index contributed by atoms with van der Waals surface area (Å²) in [6.07, 6.45) is 3.25. The van der Waals surface area contributed by atoms with Crippen molar-refractivity contribution in [2.24, 2.45) is 0 Å². The second-order valence-electron chi connectivity index (χ2n) is 5.46. The molecule has 1 aromatic carbocycles. The van der Waals surface area contributed by atoms with Gasteiger partial charge in [-0.3, -0.25) is 9.10 Å². The Morgan fingerprint density at radius 1 is 1.32 bits per heavy atom. The van der Waals surface area contributed by atoms with E-state index in [0.717, 1.165) is 19.1 Å². The first kappa shape index (κ1) is 15.0. The summed E-state index contributed by atoms with van der Waals surface area (Å²) in [4.78, 5) is 11.8. The molecule has 7 nitrogen and oxygen atoms in total. The average Bonchev–Trinajstić information content (AvgIpc) is 3.12. The molecule has 1 heterocycles. The van der Waals surface area contributed by atoms with Crippen molar-refractivity contribution in [3.05, 3.63) is 18.2 Å². The Hall–Kier alpha value is -1.96. The number of hydrogen-bond donors (Lipinski definition) is 1. The lowest BCUT2D eigenvalue weighted by Crippen LogP contribution is -2.35. The standard InChI is InChI=1S/C14H18N2O5S/c1-22(18,19)16(7-6-14(17)15-10-2-3-10)11-4-5-12-13(8-11)21-9-20-12/h4-5,8,10H,2-3,6-7,9H2,1H3,(H,15,17). The summed E-state index contributed by atoms with van der Waals surface area (Å²) in [5.74, 6) is 0.967. The van der Waals surface area contributed by atoms with Crippen LogP contribution in [0.15, 0.2) is 18.2 Å². The Labute approximate surface area is 129 Å². The number of amides is 1. The van der Waals surface area contributed by atoms with Crippen molar-refractivity contribution in [3.8, 4) is 11.5 Å². The molecule has 1 N–H and O–H groups in total. The highest BCUT2D eigenvalue weighted by Gasteiger charge is 2.25. The van der Waals surface area contributed by atoms with E-state index in [0.29, 0.717) is 17.2 Å². The summed E-state index contributed by atoms with van der Waals surface area (Å²) in [6, 6.07) is 5.19. The molecular formula is C14H18N2O5S. The zero-order valence-electron chi connectivity index (χ0n) is 12.2. The topological polar surface area (TPSA) is 84.9 Å². The van der Waals surface area contributed by atoms with Crippen LogP contribution >= 0.6 is 0 Å². The summed E-state index contributed by atoms with van der Waals surface area (Å²) in [5, 5.41) is 2.85. The fraction of sp³-hybridized carbons (Fsp3) is 0.500. The maximum atomic E-state index is 12.0. The average molecular weight is 326 g/mol. The van der Waals surface area contributed by atoms with E-state index in [1.54, 1.807) is 18.2 Å². The summed E-state index contributed by atoms with van der Waals surface area (Å²) < 4.78 is 35.7. The van der Waals surface area contributed by atoms with Crippen LogP contribution in [0.25, 0.3) is 0 Å². The predicted octanol–water partition coefficient (Wildman–Crippen LogP) is 0.850. The van der Waals surface area contributed by atoms with Crippen LogP contribution in [0.1, 0.15) is 19.3 Å². The van der Waals surface area contributed by atoms with Gasteiger partial charge in [-0.05, 0) is 25.0 Å². The van der Waals surface area contributed by atoms with E-state index in [1.807, 2.05) is 0 Å². The maximum Gasteiger partial charge on any atom is 0.232 e. The number of ether oxygens (including phenoxy) is 2. The van der Waals surface area contributed by atoms with E-state index < -0.39 is 10.0 Å². The molecule has 0 atom stereocenters. The SMILES string of the molecule is CS(=O)(=O)N(CCC(=O)NC1CC1)c1ccc2c(c1)OCO2. The lowest BCUT2D eigenvalue weighted by molar-refractivity contribution is -0.121. The molecule has 3 rings (SSSR count). The number of fused-ring (bicyclic) bond motifs is 1. The van der Waals surface area contributed by atoms with Gasteiger partial charge in [0.25, 0.3) is 0 Å². The third-order valence-electron chi connectivity index (χ3n) is 3.53. The lowest BCUT2D eigenvalue weighted by Gasteiger charge is -2.22. The minimum Gasteiger partial charge on any atom is -0.454 e. The molecule has 2 aliphatic rings. The first-order chi connectivity index (χ1) is 10.4. The quantitative estimate of drug-likeness (QED) is 0.838. The lowest BCUT2D eigenvalue weighted by atomic mass is 10.2. The van der Waals surface area contributed by atoms with Crippen LogP contribution in [0.4, 0.5) is 5.69 Å². The molecule has 1 amide bonds. The Morgan fingerprint density at radius 3 is 2.73 bits per heavy atom. The van der Waals surface area contributed by atoms with E-state index in [2.05, 4.69) is 5.32 Å². The smallest absolute Gasteiger partial charge is 0.232 e. The van der Waals surface area contributed by atoms with Crippen LogP contribution in [0.2, 0.25) is 0 Å². The molecule has 1 aliphatic heterocycles. The van der Waals surface area contributed by atoms with Gasteiger partial charge in [-0.15, -0.1) is 0 Å². The number of carbonyl (C=O) groups is 1. The molecule has 1 fully saturated rings. The van der Waals surface area contributed by atoms with E-state index in [1.165, 1.54) is 4.31 Å². The van der Waals surface area contributed by atoms with Gasteiger partial charge in [0.05, 0.1) is 11.9 Å². The van der Waals surface area contributed by atoms with Crippen LogP contribution in [-0.2, 0) is 14.8 Å². The normalized spacial score (nSPS) is 16.4. The molecule has 1 aromatic rings. The van der Waals surface area contributed by atoms with Gasteiger partial charge >= 0.3 is 0 Å². The van der Waals surface area contributed by atoms with Crippen LogP contribution in [0, 0.1) is 0 Å². The zero-order chi connectivity index (χ0) is 15.7. The third-order valence-corrected chi connectivity index (χ3v) is 4.72. The molecule has 22 heavy (non-hydrogen) atoms.